The van der Waals surface area contributed by atoms with Crippen LogP contribution in [-0.4, -0.2) is 92.5 Å². The summed E-state index contributed by atoms with van der Waals surface area (Å²) in [5, 5.41) is 6.96. The van der Waals surface area contributed by atoms with E-state index < -0.39 is 5.60 Å². The third-order valence-electron chi connectivity index (χ3n) is 5.45. The van der Waals surface area contributed by atoms with Gasteiger partial charge in [0, 0.05) is 51.7 Å². The quantitative estimate of drug-likeness (QED) is 0.293. The van der Waals surface area contributed by atoms with Gasteiger partial charge in [-0.3, -0.25) is 9.89 Å². The number of hydrogen-bond donors (Lipinski definition) is 2. The lowest BCUT2D eigenvalue weighted by atomic mass is 10.1. The number of rotatable bonds is 7. The fourth-order valence-corrected chi connectivity index (χ4v) is 3.82. The first-order valence-corrected chi connectivity index (χ1v) is 11.7. The maximum atomic E-state index is 12.5. The number of nitrogens with zero attached hydrogens (tertiary/aromatic N) is 3. The molecule has 2 aliphatic heterocycles. The molecule has 3 heterocycles. The van der Waals surface area contributed by atoms with Crippen LogP contribution in [0.15, 0.2) is 27.8 Å². The summed E-state index contributed by atoms with van der Waals surface area (Å²) in [7, 11) is 0. The second-order valence-electron chi connectivity index (χ2n) is 9.35. The number of carbonyl (C=O) groups excluding carboxylic acids is 1. The van der Waals surface area contributed by atoms with E-state index in [2.05, 4.69) is 15.5 Å². The molecule has 2 N–H and O–H groups in total. The Kier molecular flexibility index (Phi) is 11.8. The van der Waals surface area contributed by atoms with Gasteiger partial charge in [-0.2, -0.15) is 0 Å². The average molecular weight is 578 g/mol. The first-order valence-electron chi connectivity index (χ1n) is 11.7. The SMILES string of the molecule is CC(C)(C)OC(=O)N1CCCC(NC(=NCCN2CCOCC2)NCCc2ccco2)C1.I. The molecule has 2 fully saturated rings. The maximum absolute atomic E-state index is 12.5. The lowest BCUT2D eigenvalue weighted by molar-refractivity contribution is 0.0193. The molecule has 1 unspecified atom stereocenters. The fraction of sp³-hybridized carbons (Fsp3) is 0.739. The van der Waals surface area contributed by atoms with Crippen molar-refractivity contribution < 1.29 is 18.7 Å². The number of ether oxygens (including phenoxy) is 2. The van der Waals surface area contributed by atoms with E-state index >= 15 is 0 Å². The van der Waals surface area contributed by atoms with Gasteiger partial charge in [-0.1, -0.05) is 0 Å². The summed E-state index contributed by atoms with van der Waals surface area (Å²) in [5.74, 6) is 1.72. The Hall–Kier alpha value is -1.53. The number of piperidine rings is 1. The van der Waals surface area contributed by atoms with Gasteiger partial charge in [0.2, 0.25) is 0 Å². The summed E-state index contributed by atoms with van der Waals surface area (Å²) in [4.78, 5) is 21.5. The number of likely N-dealkylation sites (tertiary alicyclic amines) is 1. The van der Waals surface area contributed by atoms with Crippen molar-refractivity contribution in [3.05, 3.63) is 24.2 Å². The summed E-state index contributed by atoms with van der Waals surface area (Å²) in [6.45, 7) is 12.8. The summed E-state index contributed by atoms with van der Waals surface area (Å²) in [5.41, 5.74) is -0.489. The van der Waals surface area contributed by atoms with Gasteiger partial charge in [0.25, 0.3) is 0 Å². The fourth-order valence-electron chi connectivity index (χ4n) is 3.82. The van der Waals surface area contributed by atoms with E-state index in [-0.39, 0.29) is 36.1 Å². The van der Waals surface area contributed by atoms with Crippen molar-refractivity contribution in [2.24, 2.45) is 4.99 Å². The van der Waals surface area contributed by atoms with Crippen molar-refractivity contribution >= 4 is 36.0 Å². The minimum Gasteiger partial charge on any atom is -0.469 e. The molecule has 0 spiro atoms. The highest BCUT2D eigenvalue weighted by atomic mass is 127. The molecule has 0 saturated carbocycles. The highest BCUT2D eigenvalue weighted by Crippen LogP contribution is 2.15. The third kappa shape index (κ3) is 10.5. The molecule has 2 saturated heterocycles. The topological polar surface area (TPSA) is 91.6 Å². The molecular weight excluding hydrogens is 537 g/mol. The third-order valence-corrected chi connectivity index (χ3v) is 5.45. The molecule has 1 atom stereocenters. The second-order valence-corrected chi connectivity index (χ2v) is 9.35. The largest absolute Gasteiger partial charge is 0.469 e. The van der Waals surface area contributed by atoms with Crippen LogP contribution in [0.4, 0.5) is 4.79 Å². The number of halogens is 1. The summed E-state index contributed by atoms with van der Waals surface area (Å²) in [6.07, 6.45) is 4.15. The minimum atomic E-state index is -0.489. The Morgan fingerprint density at radius 3 is 2.76 bits per heavy atom. The Morgan fingerprint density at radius 1 is 1.27 bits per heavy atom. The molecule has 33 heavy (non-hydrogen) atoms. The lowest BCUT2D eigenvalue weighted by Gasteiger charge is -2.35. The zero-order chi connectivity index (χ0) is 22.8. The van der Waals surface area contributed by atoms with Gasteiger partial charge in [0.15, 0.2) is 5.96 Å². The van der Waals surface area contributed by atoms with Crippen molar-refractivity contribution in [1.29, 1.82) is 0 Å². The van der Waals surface area contributed by atoms with Gasteiger partial charge < -0.3 is 29.4 Å². The van der Waals surface area contributed by atoms with Gasteiger partial charge in [0.1, 0.15) is 11.4 Å². The van der Waals surface area contributed by atoms with E-state index in [1.165, 1.54) is 0 Å². The van der Waals surface area contributed by atoms with Gasteiger partial charge in [0.05, 0.1) is 26.0 Å². The van der Waals surface area contributed by atoms with Crippen molar-refractivity contribution in [1.82, 2.24) is 20.4 Å². The van der Waals surface area contributed by atoms with Gasteiger partial charge >= 0.3 is 6.09 Å². The smallest absolute Gasteiger partial charge is 0.410 e. The first-order chi connectivity index (χ1) is 15.4. The van der Waals surface area contributed by atoms with E-state index in [4.69, 9.17) is 18.9 Å². The zero-order valence-corrected chi connectivity index (χ0v) is 22.5. The number of aliphatic imine (C=N–C) groups is 1. The summed E-state index contributed by atoms with van der Waals surface area (Å²) < 4.78 is 16.4. The van der Waals surface area contributed by atoms with Crippen molar-refractivity contribution in [3.8, 4) is 0 Å². The van der Waals surface area contributed by atoms with Crippen LogP contribution < -0.4 is 10.6 Å². The van der Waals surface area contributed by atoms with E-state index in [0.29, 0.717) is 13.1 Å². The number of nitrogens with one attached hydrogen (secondary N) is 2. The Bertz CT molecular complexity index is 717. The van der Waals surface area contributed by atoms with Crippen LogP contribution in [0.3, 0.4) is 0 Å². The van der Waals surface area contributed by atoms with Gasteiger partial charge in [-0.25, -0.2) is 4.79 Å². The molecule has 10 heteroatoms. The number of carbonyl (C=O) groups is 1. The van der Waals surface area contributed by atoms with Crippen LogP contribution in [-0.2, 0) is 15.9 Å². The van der Waals surface area contributed by atoms with E-state index in [9.17, 15) is 4.79 Å². The molecule has 0 aromatic carbocycles. The number of morpholine rings is 1. The second kappa shape index (κ2) is 14.0. The van der Waals surface area contributed by atoms with E-state index in [1.807, 2.05) is 32.9 Å². The van der Waals surface area contributed by atoms with Crippen LogP contribution in [0.25, 0.3) is 0 Å². The Labute approximate surface area is 214 Å². The highest BCUT2D eigenvalue weighted by Gasteiger charge is 2.28. The molecule has 188 valence electrons. The normalized spacial score (nSPS) is 20.2. The number of amides is 1. The van der Waals surface area contributed by atoms with Gasteiger partial charge in [-0.05, 0) is 45.7 Å². The highest BCUT2D eigenvalue weighted by molar-refractivity contribution is 14.0. The number of furan rings is 1. The predicted molar refractivity (Wildman–Crippen MR) is 139 cm³/mol. The minimum absolute atomic E-state index is 0. The van der Waals surface area contributed by atoms with Crippen LogP contribution in [0.1, 0.15) is 39.4 Å². The number of hydrogen-bond acceptors (Lipinski definition) is 6. The first kappa shape index (κ1) is 27.7. The van der Waals surface area contributed by atoms with E-state index in [0.717, 1.165) is 76.9 Å². The van der Waals surface area contributed by atoms with Crippen molar-refractivity contribution in [3.63, 3.8) is 0 Å². The van der Waals surface area contributed by atoms with Crippen LogP contribution in [0, 0.1) is 0 Å². The Balaban J connectivity index is 0.00000385. The molecule has 0 bridgehead atoms. The molecule has 3 rings (SSSR count). The van der Waals surface area contributed by atoms with Crippen LogP contribution >= 0.6 is 24.0 Å². The zero-order valence-electron chi connectivity index (χ0n) is 20.2. The lowest BCUT2D eigenvalue weighted by Crippen LogP contribution is -2.53. The molecule has 0 aliphatic carbocycles. The number of guanidine groups is 1. The molecular formula is C23H40IN5O4. The molecule has 1 aromatic heterocycles. The monoisotopic (exact) mass is 577 g/mol. The molecule has 9 nitrogen and oxygen atoms in total. The Morgan fingerprint density at radius 2 is 2.06 bits per heavy atom. The summed E-state index contributed by atoms with van der Waals surface area (Å²) >= 11 is 0. The molecule has 0 radical (unpaired) electrons. The van der Waals surface area contributed by atoms with Crippen LogP contribution in [0.5, 0.6) is 0 Å². The molecule has 1 amide bonds. The van der Waals surface area contributed by atoms with Crippen LogP contribution in [0.2, 0.25) is 0 Å². The standard InChI is InChI=1S/C23H39N5O4.HI/c1-23(2,3)32-22(29)28-11-4-6-19(18-28)26-21(24-9-8-20-7-5-15-31-20)25-10-12-27-13-16-30-17-14-27;/h5,7,15,19H,4,6,8-14,16-18H2,1-3H3,(H2,24,25,26);1H. The predicted octanol–water partition coefficient (Wildman–Crippen LogP) is 2.71. The average Bonchev–Trinajstić information content (AvgIpc) is 3.27. The van der Waals surface area contributed by atoms with E-state index in [1.54, 1.807) is 11.2 Å². The molecule has 1 aromatic rings. The maximum Gasteiger partial charge on any atom is 0.410 e. The van der Waals surface area contributed by atoms with Crippen molar-refractivity contribution in [2.75, 3.05) is 59.0 Å². The van der Waals surface area contributed by atoms with Gasteiger partial charge in [-0.15, -0.1) is 24.0 Å². The van der Waals surface area contributed by atoms with Crippen molar-refractivity contribution in [2.45, 2.75) is 51.7 Å². The molecule has 2 aliphatic rings. The summed E-state index contributed by atoms with van der Waals surface area (Å²) in [6, 6.07) is 4.01.